The molecule has 0 bridgehead atoms. The molecule has 0 aliphatic rings. The van der Waals surface area contributed by atoms with E-state index in [1.165, 1.54) is 11.3 Å². The number of anilines is 1. The maximum Gasteiger partial charge on any atom is 0.226 e. The summed E-state index contributed by atoms with van der Waals surface area (Å²) in [5.74, 6) is 0.0620. The fourth-order valence-corrected chi connectivity index (χ4v) is 2.35. The number of amides is 1. The minimum absolute atomic E-state index is 0.0620. The first-order chi connectivity index (χ1) is 8.67. The van der Waals surface area contributed by atoms with E-state index < -0.39 is 0 Å². The van der Waals surface area contributed by atoms with E-state index in [9.17, 15) is 4.79 Å². The first-order valence-electron chi connectivity index (χ1n) is 6.66. The zero-order valence-electron chi connectivity index (χ0n) is 11.5. The van der Waals surface area contributed by atoms with Gasteiger partial charge in [0.2, 0.25) is 5.91 Å². The number of thiazole rings is 1. The van der Waals surface area contributed by atoms with Crippen LogP contribution >= 0.6 is 11.3 Å². The fraction of sp³-hybridized carbons (Fsp3) is 0.692. The van der Waals surface area contributed by atoms with Gasteiger partial charge in [0.25, 0.3) is 0 Å². The highest BCUT2D eigenvalue weighted by molar-refractivity contribution is 7.13. The fourth-order valence-electron chi connectivity index (χ4n) is 1.53. The molecule has 0 aliphatic heterocycles. The molecule has 1 amide bonds. The number of unbranched alkanes of at least 4 members (excludes halogenated alkanes) is 1. The van der Waals surface area contributed by atoms with Crippen molar-refractivity contribution >= 4 is 22.4 Å². The van der Waals surface area contributed by atoms with E-state index in [1.54, 1.807) is 0 Å². The number of rotatable bonds is 8. The topological polar surface area (TPSA) is 54.0 Å². The second-order valence-electron chi connectivity index (χ2n) is 4.41. The van der Waals surface area contributed by atoms with Crippen LogP contribution in [0.5, 0.6) is 0 Å². The first-order valence-corrected chi connectivity index (χ1v) is 7.54. The van der Waals surface area contributed by atoms with Crippen LogP contribution < -0.4 is 10.6 Å². The predicted octanol–water partition coefficient (Wildman–Crippen LogP) is 3.33. The molecule has 1 aromatic rings. The van der Waals surface area contributed by atoms with Crippen molar-refractivity contribution in [2.75, 3.05) is 11.9 Å². The quantitative estimate of drug-likeness (QED) is 0.761. The van der Waals surface area contributed by atoms with Crippen LogP contribution in [0.2, 0.25) is 0 Å². The van der Waals surface area contributed by atoms with Crippen molar-refractivity contribution in [3.05, 3.63) is 11.1 Å². The molecule has 1 heterocycles. The molecule has 0 aliphatic carbocycles. The van der Waals surface area contributed by atoms with Gasteiger partial charge in [0.1, 0.15) is 0 Å². The van der Waals surface area contributed by atoms with E-state index in [4.69, 9.17) is 0 Å². The molecule has 0 fully saturated rings. The van der Waals surface area contributed by atoms with Crippen molar-refractivity contribution in [3.63, 3.8) is 0 Å². The average Bonchev–Trinajstić information content (AvgIpc) is 2.82. The van der Waals surface area contributed by atoms with Gasteiger partial charge in [0.15, 0.2) is 5.13 Å². The lowest BCUT2D eigenvalue weighted by Gasteiger charge is -2.09. The Morgan fingerprint density at radius 3 is 2.89 bits per heavy atom. The Balaban J connectivity index is 2.44. The summed E-state index contributed by atoms with van der Waals surface area (Å²) < 4.78 is 0. The van der Waals surface area contributed by atoms with Crippen LogP contribution in [-0.2, 0) is 4.79 Å². The molecule has 0 radical (unpaired) electrons. The summed E-state index contributed by atoms with van der Waals surface area (Å²) in [7, 11) is 0. The third kappa shape index (κ3) is 5.14. The highest BCUT2D eigenvalue weighted by Gasteiger charge is 2.10. The Kier molecular flexibility index (Phi) is 6.90. The number of carbonyl (C=O) groups is 1. The van der Waals surface area contributed by atoms with Gasteiger partial charge in [-0.25, -0.2) is 4.98 Å². The minimum atomic E-state index is 0.0620. The van der Waals surface area contributed by atoms with Gasteiger partial charge in [-0.3, -0.25) is 4.79 Å². The van der Waals surface area contributed by atoms with E-state index >= 15 is 0 Å². The van der Waals surface area contributed by atoms with Gasteiger partial charge in [0.05, 0.1) is 5.69 Å². The van der Waals surface area contributed by atoms with Gasteiger partial charge < -0.3 is 10.6 Å². The zero-order valence-corrected chi connectivity index (χ0v) is 12.3. The molecule has 1 unspecified atom stereocenters. The lowest BCUT2D eigenvalue weighted by Crippen LogP contribution is -2.19. The van der Waals surface area contributed by atoms with Crippen molar-refractivity contribution in [2.45, 2.75) is 52.5 Å². The average molecular weight is 269 g/mol. The molecule has 4 nitrogen and oxygen atoms in total. The Labute approximate surface area is 113 Å². The Morgan fingerprint density at radius 2 is 2.22 bits per heavy atom. The highest BCUT2D eigenvalue weighted by Crippen LogP contribution is 2.20. The molecule has 2 N–H and O–H groups in total. The van der Waals surface area contributed by atoms with Crippen molar-refractivity contribution in [3.8, 4) is 0 Å². The van der Waals surface area contributed by atoms with Gasteiger partial charge in [-0.15, -0.1) is 11.3 Å². The number of aromatic nitrogens is 1. The summed E-state index contributed by atoms with van der Waals surface area (Å²) in [5.41, 5.74) is 0.999. The van der Waals surface area contributed by atoms with Crippen LogP contribution in [-0.4, -0.2) is 17.4 Å². The minimum Gasteiger partial charge on any atom is -0.309 e. The van der Waals surface area contributed by atoms with E-state index in [2.05, 4.69) is 36.4 Å². The molecule has 1 aromatic heterocycles. The van der Waals surface area contributed by atoms with Crippen LogP contribution in [0.3, 0.4) is 0 Å². The predicted molar refractivity (Wildman–Crippen MR) is 77.0 cm³/mol. The lowest BCUT2D eigenvalue weighted by atomic mass is 10.2. The molecular formula is C13H23N3OS. The van der Waals surface area contributed by atoms with E-state index in [0.717, 1.165) is 31.5 Å². The van der Waals surface area contributed by atoms with Crippen molar-refractivity contribution in [2.24, 2.45) is 0 Å². The largest absolute Gasteiger partial charge is 0.309 e. The molecule has 0 saturated carbocycles. The molecular weight excluding hydrogens is 246 g/mol. The Hall–Kier alpha value is -0.940. The number of hydrogen-bond acceptors (Lipinski definition) is 4. The van der Waals surface area contributed by atoms with Crippen molar-refractivity contribution < 1.29 is 4.79 Å². The van der Waals surface area contributed by atoms with Gasteiger partial charge in [-0.1, -0.05) is 20.3 Å². The molecule has 5 heteroatoms. The summed E-state index contributed by atoms with van der Waals surface area (Å²) in [5, 5.41) is 8.94. The third-order valence-corrected chi connectivity index (χ3v) is 3.45. The van der Waals surface area contributed by atoms with Crippen LogP contribution in [0, 0.1) is 0 Å². The summed E-state index contributed by atoms with van der Waals surface area (Å²) in [6, 6.07) is 0.238. The zero-order chi connectivity index (χ0) is 13.4. The van der Waals surface area contributed by atoms with Crippen LogP contribution in [0.15, 0.2) is 5.38 Å². The number of hydrogen-bond donors (Lipinski definition) is 2. The molecule has 0 saturated heterocycles. The number of carbonyl (C=O) groups excluding carboxylic acids is 1. The molecule has 102 valence electrons. The number of nitrogens with one attached hydrogen (secondary N) is 2. The van der Waals surface area contributed by atoms with E-state index in [0.29, 0.717) is 11.6 Å². The van der Waals surface area contributed by atoms with Crippen molar-refractivity contribution in [1.82, 2.24) is 10.3 Å². The molecule has 1 atom stereocenters. The Bertz CT molecular complexity index is 365. The summed E-state index contributed by atoms with van der Waals surface area (Å²) >= 11 is 1.49. The Morgan fingerprint density at radius 1 is 1.44 bits per heavy atom. The van der Waals surface area contributed by atoms with Crippen molar-refractivity contribution in [1.29, 1.82) is 0 Å². The second kappa shape index (κ2) is 8.21. The van der Waals surface area contributed by atoms with Gasteiger partial charge in [0, 0.05) is 17.8 Å². The second-order valence-corrected chi connectivity index (χ2v) is 5.26. The van der Waals surface area contributed by atoms with Crippen LogP contribution in [0.4, 0.5) is 5.13 Å². The maximum atomic E-state index is 11.6. The summed E-state index contributed by atoms with van der Waals surface area (Å²) in [6.07, 6.45) is 3.65. The monoisotopic (exact) mass is 269 g/mol. The molecule has 1 rings (SSSR count). The van der Waals surface area contributed by atoms with E-state index in [1.807, 2.05) is 5.38 Å². The summed E-state index contributed by atoms with van der Waals surface area (Å²) in [6.45, 7) is 7.29. The van der Waals surface area contributed by atoms with E-state index in [-0.39, 0.29) is 11.9 Å². The van der Waals surface area contributed by atoms with Crippen LogP contribution in [0.25, 0.3) is 0 Å². The molecule has 0 aromatic carbocycles. The first kappa shape index (κ1) is 15.1. The highest BCUT2D eigenvalue weighted by atomic mass is 32.1. The number of nitrogens with zero attached hydrogens (tertiary/aromatic N) is 1. The third-order valence-electron chi connectivity index (χ3n) is 2.67. The SMILES string of the molecule is CCCCC(=O)Nc1nc(C(C)NCCC)cs1. The lowest BCUT2D eigenvalue weighted by molar-refractivity contribution is -0.116. The van der Waals surface area contributed by atoms with Crippen LogP contribution in [0.1, 0.15) is 58.2 Å². The molecule has 0 spiro atoms. The van der Waals surface area contributed by atoms with Gasteiger partial charge >= 0.3 is 0 Å². The van der Waals surface area contributed by atoms with Gasteiger partial charge in [-0.2, -0.15) is 0 Å². The summed E-state index contributed by atoms with van der Waals surface area (Å²) in [4.78, 5) is 16.0. The van der Waals surface area contributed by atoms with Gasteiger partial charge in [-0.05, 0) is 26.3 Å². The maximum absolute atomic E-state index is 11.6. The smallest absolute Gasteiger partial charge is 0.226 e. The molecule has 18 heavy (non-hydrogen) atoms. The normalized spacial score (nSPS) is 12.4. The standard InChI is InChI=1S/C13H23N3OS/c1-4-6-7-12(17)16-13-15-11(9-18-13)10(3)14-8-5-2/h9-10,14H,4-8H2,1-3H3,(H,15,16,17).